The Balaban J connectivity index is 2.01. The summed E-state index contributed by atoms with van der Waals surface area (Å²) in [5.74, 6) is 0.818. The van der Waals surface area contributed by atoms with Gasteiger partial charge in [-0.05, 0) is 38.6 Å². The van der Waals surface area contributed by atoms with Crippen LogP contribution in [0.25, 0.3) is 0 Å². The van der Waals surface area contributed by atoms with Crippen molar-refractivity contribution in [1.29, 1.82) is 0 Å². The Morgan fingerprint density at radius 2 is 2.33 bits per heavy atom. The molecular weight excluding hydrogens is 190 g/mol. The van der Waals surface area contributed by atoms with Crippen LogP contribution in [0.3, 0.4) is 0 Å². The number of ether oxygens (including phenoxy) is 1. The monoisotopic (exact) mass is 211 g/mol. The second-order valence-electron chi connectivity index (χ2n) is 4.93. The molecule has 2 fully saturated rings. The third-order valence-corrected chi connectivity index (χ3v) is 3.56. The summed E-state index contributed by atoms with van der Waals surface area (Å²) in [6, 6.07) is 0. The molecule has 3 heteroatoms. The molecule has 0 spiro atoms. The minimum absolute atomic E-state index is 0.0316. The van der Waals surface area contributed by atoms with E-state index in [9.17, 15) is 4.79 Å². The summed E-state index contributed by atoms with van der Waals surface area (Å²) in [6.45, 7) is 4.26. The van der Waals surface area contributed by atoms with Crippen LogP contribution in [0, 0.1) is 11.3 Å². The Morgan fingerprint density at radius 3 is 2.87 bits per heavy atom. The molecule has 1 unspecified atom stereocenters. The van der Waals surface area contributed by atoms with Gasteiger partial charge in [-0.15, -0.1) is 0 Å². The lowest BCUT2D eigenvalue weighted by Gasteiger charge is -2.35. The fourth-order valence-electron chi connectivity index (χ4n) is 2.56. The molecule has 1 aliphatic carbocycles. The van der Waals surface area contributed by atoms with Gasteiger partial charge in [-0.1, -0.05) is 12.8 Å². The third-order valence-electron chi connectivity index (χ3n) is 3.56. The van der Waals surface area contributed by atoms with Gasteiger partial charge in [0.15, 0.2) is 0 Å². The molecule has 0 bridgehead atoms. The molecule has 1 saturated carbocycles. The second-order valence-corrected chi connectivity index (χ2v) is 4.93. The van der Waals surface area contributed by atoms with Crippen LogP contribution in [0.1, 0.15) is 39.0 Å². The van der Waals surface area contributed by atoms with E-state index in [4.69, 9.17) is 4.74 Å². The van der Waals surface area contributed by atoms with E-state index < -0.39 is 0 Å². The van der Waals surface area contributed by atoms with Crippen molar-refractivity contribution < 1.29 is 9.53 Å². The van der Waals surface area contributed by atoms with Crippen molar-refractivity contribution >= 4 is 5.97 Å². The first kappa shape index (κ1) is 10.9. The first-order valence-electron chi connectivity index (χ1n) is 6.15. The fraction of sp³-hybridized carbons (Fsp3) is 0.917. The van der Waals surface area contributed by atoms with Crippen LogP contribution in [0.5, 0.6) is 0 Å². The van der Waals surface area contributed by atoms with Crippen LogP contribution < -0.4 is 5.32 Å². The normalized spacial score (nSPS) is 31.3. The van der Waals surface area contributed by atoms with E-state index in [-0.39, 0.29) is 11.4 Å². The molecule has 1 saturated heterocycles. The number of carbonyl (C=O) groups excluding carboxylic acids is 1. The van der Waals surface area contributed by atoms with Gasteiger partial charge in [-0.3, -0.25) is 4.79 Å². The van der Waals surface area contributed by atoms with Crippen LogP contribution >= 0.6 is 0 Å². The summed E-state index contributed by atoms with van der Waals surface area (Å²) in [5, 5.41) is 3.35. The van der Waals surface area contributed by atoms with Crippen molar-refractivity contribution in [2.75, 3.05) is 19.7 Å². The Bertz CT molecular complexity index is 230. The van der Waals surface area contributed by atoms with Gasteiger partial charge < -0.3 is 10.1 Å². The smallest absolute Gasteiger partial charge is 0.313 e. The maximum atomic E-state index is 12.0. The summed E-state index contributed by atoms with van der Waals surface area (Å²) in [7, 11) is 0. The highest BCUT2D eigenvalue weighted by molar-refractivity contribution is 5.77. The number of carbonyl (C=O) groups is 1. The lowest BCUT2D eigenvalue weighted by Crippen LogP contribution is -2.46. The first-order valence-corrected chi connectivity index (χ1v) is 6.15. The second kappa shape index (κ2) is 4.52. The van der Waals surface area contributed by atoms with Crippen molar-refractivity contribution in [3.63, 3.8) is 0 Å². The SMILES string of the molecule is CCOC(=O)C1(CC2CC2)CCCNC1. The van der Waals surface area contributed by atoms with Gasteiger partial charge in [0, 0.05) is 6.54 Å². The minimum Gasteiger partial charge on any atom is -0.466 e. The number of esters is 1. The summed E-state index contributed by atoms with van der Waals surface area (Å²) in [6.07, 6.45) is 5.77. The van der Waals surface area contributed by atoms with Crippen molar-refractivity contribution in [2.45, 2.75) is 39.0 Å². The molecule has 0 amide bonds. The molecule has 3 nitrogen and oxygen atoms in total. The number of hydrogen-bond acceptors (Lipinski definition) is 3. The van der Waals surface area contributed by atoms with Crippen molar-refractivity contribution in [1.82, 2.24) is 5.32 Å². The van der Waals surface area contributed by atoms with Crippen LogP contribution in [0.15, 0.2) is 0 Å². The molecule has 86 valence electrons. The third kappa shape index (κ3) is 2.51. The highest BCUT2D eigenvalue weighted by Crippen LogP contribution is 2.44. The van der Waals surface area contributed by atoms with E-state index in [0.717, 1.165) is 38.3 Å². The van der Waals surface area contributed by atoms with E-state index in [0.29, 0.717) is 6.61 Å². The molecule has 0 aromatic heterocycles. The molecule has 0 aromatic carbocycles. The standard InChI is InChI=1S/C12H21NO2/c1-2-15-11(14)12(8-10-4-5-10)6-3-7-13-9-12/h10,13H,2-9H2,1H3. The highest BCUT2D eigenvalue weighted by atomic mass is 16.5. The van der Waals surface area contributed by atoms with Gasteiger partial charge in [0.1, 0.15) is 0 Å². The van der Waals surface area contributed by atoms with E-state index in [1.165, 1.54) is 12.8 Å². The van der Waals surface area contributed by atoms with Crippen molar-refractivity contribution in [3.05, 3.63) is 0 Å². The Kier molecular flexibility index (Phi) is 3.29. The van der Waals surface area contributed by atoms with Crippen molar-refractivity contribution in [3.8, 4) is 0 Å². The first-order chi connectivity index (χ1) is 7.27. The van der Waals surface area contributed by atoms with Gasteiger partial charge in [0.2, 0.25) is 0 Å². The maximum Gasteiger partial charge on any atom is 0.313 e. The molecule has 1 heterocycles. The zero-order valence-corrected chi connectivity index (χ0v) is 9.55. The van der Waals surface area contributed by atoms with Crippen LogP contribution in [-0.4, -0.2) is 25.7 Å². The molecule has 1 N–H and O–H groups in total. The fourth-order valence-corrected chi connectivity index (χ4v) is 2.56. The Morgan fingerprint density at radius 1 is 1.53 bits per heavy atom. The average molecular weight is 211 g/mol. The number of hydrogen-bond donors (Lipinski definition) is 1. The van der Waals surface area contributed by atoms with Crippen LogP contribution in [-0.2, 0) is 9.53 Å². The van der Waals surface area contributed by atoms with Gasteiger partial charge in [0.05, 0.1) is 12.0 Å². The van der Waals surface area contributed by atoms with Crippen LogP contribution in [0.2, 0.25) is 0 Å². The quantitative estimate of drug-likeness (QED) is 0.720. The molecule has 1 atom stereocenters. The van der Waals surface area contributed by atoms with E-state index in [1.807, 2.05) is 6.92 Å². The summed E-state index contributed by atoms with van der Waals surface area (Å²) in [4.78, 5) is 12.0. The van der Waals surface area contributed by atoms with Gasteiger partial charge in [-0.25, -0.2) is 0 Å². The van der Waals surface area contributed by atoms with E-state index >= 15 is 0 Å². The highest BCUT2D eigenvalue weighted by Gasteiger charge is 2.44. The zero-order chi connectivity index (χ0) is 10.7. The number of piperidine rings is 1. The molecular formula is C12H21NO2. The molecule has 2 aliphatic rings. The van der Waals surface area contributed by atoms with E-state index in [1.54, 1.807) is 0 Å². The predicted octanol–water partition coefficient (Wildman–Crippen LogP) is 1.72. The molecule has 0 aromatic rings. The van der Waals surface area contributed by atoms with Crippen LogP contribution in [0.4, 0.5) is 0 Å². The molecule has 1 aliphatic heterocycles. The van der Waals surface area contributed by atoms with E-state index in [2.05, 4.69) is 5.32 Å². The zero-order valence-electron chi connectivity index (χ0n) is 9.55. The number of nitrogens with one attached hydrogen (secondary N) is 1. The van der Waals surface area contributed by atoms with Gasteiger partial charge >= 0.3 is 5.97 Å². The van der Waals surface area contributed by atoms with Crippen molar-refractivity contribution in [2.24, 2.45) is 11.3 Å². The lowest BCUT2D eigenvalue weighted by molar-refractivity contribution is -0.157. The topological polar surface area (TPSA) is 38.3 Å². The molecule has 0 radical (unpaired) electrons. The average Bonchev–Trinajstić information content (AvgIpc) is 3.03. The van der Waals surface area contributed by atoms with Gasteiger partial charge in [0.25, 0.3) is 0 Å². The summed E-state index contributed by atoms with van der Waals surface area (Å²) in [5.41, 5.74) is -0.199. The summed E-state index contributed by atoms with van der Waals surface area (Å²) < 4.78 is 5.23. The largest absolute Gasteiger partial charge is 0.466 e. The number of rotatable bonds is 4. The maximum absolute atomic E-state index is 12.0. The Labute approximate surface area is 91.6 Å². The Hall–Kier alpha value is -0.570. The van der Waals surface area contributed by atoms with Gasteiger partial charge in [-0.2, -0.15) is 0 Å². The molecule has 15 heavy (non-hydrogen) atoms. The predicted molar refractivity (Wildman–Crippen MR) is 58.5 cm³/mol. The minimum atomic E-state index is -0.199. The lowest BCUT2D eigenvalue weighted by atomic mass is 9.76. The summed E-state index contributed by atoms with van der Waals surface area (Å²) >= 11 is 0. The molecule has 2 rings (SSSR count).